The van der Waals surface area contributed by atoms with Crippen molar-refractivity contribution in [2.24, 2.45) is 5.92 Å². The summed E-state index contributed by atoms with van der Waals surface area (Å²) < 4.78 is 13.7. The first-order valence-corrected chi connectivity index (χ1v) is 7.66. The van der Waals surface area contributed by atoms with E-state index in [1.807, 2.05) is 0 Å². The Bertz CT molecular complexity index is 731. The molecule has 114 valence electrons. The van der Waals surface area contributed by atoms with E-state index in [9.17, 15) is 14.0 Å². The highest BCUT2D eigenvalue weighted by Gasteiger charge is 2.32. The number of thiazole rings is 1. The minimum Gasteiger partial charge on any atom is -0.481 e. The van der Waals surface area contributed by atoms with Crippen LogP contribution in [0.25, 0.3) is 10.6 Å². The summed E-state index contributed by atoms with van der Waals surface area (Å²) in [6.45, 7) is 0.600. The number of likely N-dealkylation sites (tertiary alicyclic amines) is 1. The van der Waals surface area contributed by atoms with Gasteiger partial charge in [-0.05, 0) is 18.6 Å². The molecule has 1 aliphatic rings. The van der Waals surface area contributed by atoms with Crippen LogP contribution in [0.3, 0.4) is 0 Å². The zero-order valence-corrected chi connectivity index (χ0v) is 12.3. The summed E-state index contributed by atoms with van der Waals surface area (Å²) in [6.07, 6.45) is 0.450. The van der Waals surface area contributed by atoms with Gasteiger partial charge >= 0.3 is 5.97 Å². The summed E-state index contributed by atoms with van der Waals surface area (Å²) in [5.74, 6) is -2.10. The van der Waals surface area contributed by atoms with Crippen LogP contribution in [0.15, 0.2) is 29.6 Å². The Morgan fingerprint density at radius 2 is 2.14 bits per heavy atom. The molecule has 1 aromatic carbocycles. The Hall–Kier alpha value is -2.28. The summed E-state index contributed by atoms with van der Waals surface area (Å²) >= 11 is 1.20. The quantitative estimate of drug-likeness (QED) is 0.943. The molecule has 0 saturated carbocycles. The number of carbonyl (C=O) groups excluding carboxylic acids is 1. The molecule has 1 fully saturated rings. The molecular formula is C15H13FN2O3S. The van der Waals surface area contributed by atoms with Crippen molar-refractivity contribution in [2.45, 2.75) is 6.42 Å². The maximum atomic E-state index is 13.7. The lowest BCUT2D eigenvalue weighted by molar-refractivity contribution is -0.141. The van der Waals surface area contributed by atoms with Gasteiger partial charge in [0.2, 0.25) is 0 Å². The topological polar surface area (TPSA) is 70.5 Å². The molecule has 5 nitrogen and oxygen atoms in total. The van der Waals surface area contributed by atoms with Gasteiger partial charge in [0.05, 0.1) is 5.92 Å². The predicted molar refractivity (Wildman–Crippen MR) is 79.2 cm³/mol. The summed E-state index contributed by atoms with van der Waals surface area (Å²) in [4.78, 5) is 28.9. The van der Waals surface area contributed by atoms with Gasteiger partial charge in [-0.25, -0.2) is 9.37 Å². The number of benzene rings is 1. The van der Waals surface area contributed by atoms with Crippen LogP contribution in [-0.2, 0) is 4.79 Å². The van der Waals surface area contributed by atoms with E-state index in [4.69, 9.17) is 5.11 Å². The van der Waals surface area contributed by atoms with E-state index in [1.165, 1.54) is 22.3 Å². The second kappa shape index (κ2) is 5.84. The highest BCUT2D eigenvalue weighted by atomic mass is 32.1. The number of carbonyl (C=O) groups is 2. The van der Waals surface area contributed by atoms with Crippen LogP contribution in [0.1, 0.15) is 16.9 Å². The molecule has 1 unspecified atom stereocenters. The predicted octanol–water partition coefficient (Wildman–Crippen LogP) is 2.50. The molecule has 22 heavy (non-hydrogen) atoms. The first-order chi connectivity index (χ1) is 10.6. The molecule has 1 atom stereocenters. The number of hydrogen-bond acceptors (Lipinski definition) is 4. The number of carboxylic acid groups (broad SMARTS) is 1. The van der Waals surface area contributed by atoms with E-state index >= 15 is 0 Å². The minimum atomic E-state index is -0.888. The van der Waals surface area contributed by atoms with Gasteiger partial charge in [-0.15, -0.1) is 11.3 Å². The van der Waals surface area contributed by atoms with Crippen LogP contribution < -0.4 is 0 Å². The van der Waals surface area contributed by atoms with Crippen molar-refractivity contribution in [1.82, 2.24) is 9.88 Å². The Morgan fingerprint density at radius 1 is 1.36 bits per heavy atom. The van der Waals surface area contributed by atoms with Crippen molar-refractivity contribution in [3.8, 4) is 10.6 Å². The average Bonchev–Trinajstić information content (AvgIpc) is 3.17. The Balaban J connectivity index is 1.78. The lowest BCUT2D eigenvalue weighted by Gasteiger charge is -2.13. The molecule has 1 N–H and O–H groups in total. The lowest BCUT2D eigenvalue weighted by Crippen LogP contribution is -2.30. The smallest absolute Gasteiger partial charge is 0.308 e. The SMILES string of the molecule is O=C(O)C1CCN(C(=O)c2csc(-c3ccccc3F)n2)C1. The minimum absolute atomic E-state index is 0.195. The lowest BCUT2D eigenvalue weighted by atomic mass is 10.1. The van der Waals surface area contributed by atoms with Crippen molar-refractivity contribution < 1.29 is 19.1 Å². The maximum Gasteiger partial charge on any atom is 0.308 e. The molecule has 7 heteroatoms. The summed E-state index contributed by atoms with van der Waals surface area (Å²) in [5, 5.41) is 11.0. The van der Waals surface area contributed by atoms with E-state index in [1.54, 1.807) is 23.6 Å². The van der Waals surface area contributed by atoms with Gasteiger partial charge in [-0.1, -0.05) is 12.1 Å². The van der Waals surface area contributed by atoms with Gasteiger partial charge in [0, 0.05) is 24.0 Å². The largest absolute Gasteiger partial charge is 0.481 e. The monoisotopic (exact) mass is 320 g/mol. The van der Waals surface area contributed by atoms with Gasteiger partial charge in [0.1, 0.15) is 16.5 Å². The van der Waals surface area contributed by atoms with Gasteiger partial charge in [0.15, 0.2) is 0 Å². The Kier molecular flexibility index (Phi) is 3.89. The highest BCUT2D eigenvalue weighted by molar-refractivity contribution is 7.13. The number of halogens is 1. The number of rotatable bonds is 3. The highest BCUT2D eigenvalue weighted by Crippen LogP contribution is 2.27. The van der Waals surface area contributed by atoms with E-state index in [0.29, 0.717) is 23.5 Å². The molecular weight excluding hydrogens is 307 g/mol. The number of aliphatic carboxylic acids is 1. The third kappa shape index (κ3) is 2.71. The maximum absolute atomic E-state index is 13.7. The number of nitrogens with zero attached hydrogens (tertiary/aromatic N) is 2. The zero-order valence-electron chi connectivity index (χ0n) is 11.5. The molecule has 0 radical (unpaired) electrons. The number of amides is 1. The fraction of sp³-hybridized carbons (Fsp3) is 0.267. The van der Waals surface area contributed by atoms with Crippen LogP contribution in [-0.4, -0.2) is 40.0 Å². The van der Waals surface area contributed by atoms with Crippen LogP contribution in [0, 0.1) is 11.7 Å². The van der Waals surface area contributed by atoms with Crippen LogP contribution in [0.2, 0.25) is 0 Å². The van der Waals surface area contributed by atoms with E-state index in [0.717, 1.165) is 0 Å². The molecule has 3 rings (SSSR count). The molecule has 1 amide bonds. The summed E-state index contributed by atoms with van der Waals surface area (Å²) in [7, 11) is 0. The third-order valence-electron chi connectivity index (χ3n) is 3.65. The zero-order chi connectivity index (χ0) is 15.7. The van der Waals surface area contributed by atoms with Gasteiger partial charge in [-0.2, -0.15) is 0 Å². The molecule has 2 aromatic rings. The average molecular weight is 320 g/mol. The molecule has 2 heterocycles. The fourth-order valence-corrected chi connectivity index (χ4v) is 3.26. The van der Waals surface area contributed by atoms with Crippen molar-refractivity contribution in [1.29, 1.82) is 0 Å². The molecule has 1 aliphatic heterocycles. The number of hydrogen-bond donors (Lipinski definition) is 1. The van der Waals surface area contributed by atoms with E-state index in [2.05, 4.69) is 4.98 Å². The van der Waals surface area contributed by atoms with Crippen molar-refractivity contribution in [2.75, 3.05) is 13.1 Å². The van der Waals surface area contributed by atoms with Crippen molar-refractivity contribution in [3.05, 3.63) is 41.2 Å². The van der Waals surface area contributed by atoms with Gasteiger partial charge in [-0.3, -0.25) is 9.59 Å². The first kappa shape index (κ1) is 14.6. The Morgan fingerprint density at radius 3 is 2.82 bits per heavy atom. The number of carboxylic acids is 1. The van der Waals surface area contributed by atoms with Gasteiger partial charge < -0.3 is 10.0 Å². The number of aromatic nitrogens is 1. The van der Waals surface area contributed by atoms with Crippen LogP contribution in [0.4, 0.5) is 4.39 Å². The van der Waals surface area contributed by atoms with Crippen molar-refractivity contribution in [3.63, 3.8) is 0 Å². The second-order valence-electron chi connectivity index (χ2n) is 5.09. The van der Waals surface area contributed by atoms with Crippen LogP contribution in [0.5, 0.6) is 0 Å². The normalized spacial score (nSPS) is 17.7. The van der Waals surface area contributed by atoms with E-state index < -0.39 is 11.9 Å². The molecule has 1 aromatic heterocycles. The second-order valence-corrected chi connectivity index (χ2v) is 5.95. The molecule has 0 bridgehead atoms. The molecule has 0 spiro atoms. The third-order valence-corrected chi connectivity index (χ3v) is 4.53. The summed E-state index contributed by atoms with van der Waals surface area (Å²) in [5.41, 5.74) is 0.589. The van der Waals surface area contributed by atoms with Gasteiger partial charge in [0.25, 0.3) is 5.91 Å². The van der Waals surface area contributed by atoms with Crippen LogP contribution >= 0.6 is 11.3 Å². The van der Waals surface area contributed by atoms with E-state index in [-0.39, 0.29) is 24.0 Å². The summed E-state index contributed by atoms with van der Waals surface area (Å²) in [6, 6.07) is 6.25. The molecule has 0 aliphatic carbocycles. The molecule has 1 saturated heterocycles. The Labute approximate surface area is 130 Å². The fourth-order valence-electron chi connectivity index (χ4n) is 2.44. The first-order valence-electron chi connectivity index (χ1n) is 6.79. The standard InChI is InChI=1S/C15H13FN2O3S/c16-11-4-2-1-3-10(11)13-17-12(8-22-13)14(19)18-6-5-9(7-18)15(20)21/h1-4,8-9H,5-7H2,(H,20,21). The van der Waals surface area contributed by atoms with Crippen molar-refractivity contribution >= 4 is 23.2 Å².